The largest absolute Gasteiger partial charge is 0.456 e. The molecule has 0 radical (unpaired) electrons. The summed E-state index contributed by atoms with van der Waals surface area (Å²) in [5.41, 5.74) is 10.8. The van der Waals surface area contributed by atoms with Crippen molar-refractivity contribution in [2.24, 2.45) is 0 Å². The summed E-state index contributed by atoms with van der Waals surface area (Å²) < 4.78 is 13.2. The Morgan fingerprint density at radius 1 is 0.411 bits per heavy atom. The van der Waals surface area contributed by atoms with E-state index in [1.165, 1.54) is 16.5 Å². The highest BCUT2D eigenvalue weighted by atomic mass is 16.3. The predicted octanol–water partition coefficient (Wildman–Crippen LogP) is 13.6. The zero-order valence-corrected chi connectivity index (χ0v) is 30.2. The molecule has 0 aliphatic heterocycles. The van der Waals surface area contributed by atoms with Gasteiger partial charge in [0.05, 0.1) is 0 Å². The normalized spacial score (nSPS) is 12.8. The van der Waals surface area contributed by atoms with Crippen molar-refractivity contribution < 1.29 is 8.83 Å². The van der Waals surface area contributed by atoms with E-state index < -0.39 is 0 Å². The van der Waals surface area contributed by atoms with Gasteiger partial charge in [0, 0.05) is 43.6 Å². The third kappa shape index (κ3) is 4.71. The minimum absolute atomic E-state index is 0.591. The molecule has 0 amide bonds. The maximum atomic E-state index is 6.69. The maximum absolute atomic E-state index is 6.69. The molecule has 0 unspecified atom stereocenters. The Kier molecular flexibility index (Phi) is 6.69. The van der Waals surface area contributed by atoms with Crippen molar-refractivity contribution >= 4 is 71.5 Å². The summed E-state index contributed by atoms with van der Waals surface area (Å²) in [5, 5.41) is 8.62. The average Bonchev–Trinajstić information content (AvgIpc) is 3.84. The summed E-state index contributed by atoms with van der Waals surface area (Å²) in [6, 6.07) is 52.7. The first-order chi connectivity index (χ1) is 27.7. The van der Waals surface area contributed by atoms with E-state index in [4.69, 9.17) is 23.8 Å². The Balaban J connectivity index is 1.18. The van der Waals surface area contributed by atoms with E-state index in [0.717, 1.165) is 101 Å². The van der Waals surface area contributed by atoms with E-state index in [1.807, 2.05) is 42.5 Å². The van der Waals surface area contributed by atoms with Crippen molar-refractivity contribution in [2.75, 3.05) is 0 Å². The molecule has 0 spiro atoms. The average molecular weight is 718 g/mol. The first-order valence-electron chi connectivity index (χ1n) is 19.1. The smallest absolute Gasteiger partial charge is 0.164 e. The van der Waals surface area contributed by atoms with Crippen molar-refractivity contribution in [2.45, 2.75) is 12.8 Å². The lowest BCUT2D eigenvalue weighted by Crippen LogP contribution is -2.03. The monoisotopic (exact) mass is 717 g/mol. The number of hydrogen-bond acceptors (Lipinski definition) is 5. The lowest BCUT2D eigenvalue weighted by molar-refractivity contribution is 0.669. The first-order valence-corrected chi connectivity index (χ1v) is 19.1. The molecule has 11 aromatic rings. The molecule has 5 heteroatoms. The summed E-state index contributed by atoms with van der Waals surface area (Å²) in [7, 11) is 0. The summed E-state index contributed by atoms with van der Waals surface area (Å²) in [4.78, 5) is 15.9. The number of aryl methyl sites for hydroxylation is 1. The predicted molar refractivity (Wildman–Crippen MR) is 228 cm³/mol. The van der Waals surface area contributed by atoms with Gasteiger partial charge >= 0.3 is 0 Å². The van der Waals surface area contributed by atoms with E-state index in [9.17, 15) is 0 Å². The van der Waals surface area contributed by atoms with Crippen LogP contribution >= 0.6 is 0 Å². The Morgan fingerprint density at radius 2 is 1.04 bits per heavy atom. The third-order valence-electron chi connectivity index (χ3n) is 11.4. The van der Waals surface area contributed by atoms with Gasteiger partial charge in [-0.2, -0.15) is 0 Å². The molecule has 3 heterocycles. The van der Waals surface area contributed by atoms with Crippen LogP contribution in [-0.4, -0.2) is 15.0 Å². The Labute approximate surface area is 321 Å². The van der Waals surface area contributed by atoms with Gasteiger partial charge < -0.3 is 8.83 Å². The number of nitrogens with zero attached hydrogens (tertiary/aromatic N) is 3. The van der Waals surface area contributed by atoms with Gasteiger partial charge in [0.1, 0.15) is 22.3 Å². The molecule has 262 valence electrons. The van der Waals surface area contributed by atoms with Gasteiger partial charge in [0.25, 0.3) is 0 Å². The standard InChI is InChI=1S/C51H31N3O2/c1-2-14-30(15-3-1)49-52-50(42-26-31-16-4-5-17-33(31)34-18-6-7-19-35(34)42)54-51(53-49)43-27-32(28-46-47(43)39-23-11-13-25-45(39)55-46)40-29-41-37-21-10-12-24-44(37)56-48(41)38-22-9-8-20-36(38)40/h1-3,5-15,17-29H,4,16H2. The number of fused-ring (bicyclic) bond motifs is 11. The van der Waals surface area contributed by atoms with Crippen molar-refractivity contribution in [3.05, 3.63) is 169 Å². The molecule has 8 aromatic carbocycles. The Morgan fingerprint density at radius 3 is 1.84 bits per heavy atom. The van der Waals surface area contributed by atoms with Gasteiger partial charge in [-0.3, -0.25) is 0 Å². The molecule has 1 aliphatic rings. The number of rotatable bonds is 4. The highest BCUT2D eigenvalue weighted by molar-refractivity contribution is 6.20. The van der Waals surface area contributed by atoms with Crippen LogP contribution in [0.15, 0.2) is 167 Å². The molecule has 0 N–H and O–H groups in total. The minimum Gasteiger partial charge on any atom is -0.456 e. The summed E-state index contributed by atoms with van der Waals surface area (Å²) >= 11 is 0. The summed E-state index contributed by atoms with van der Waals surface area (Å²) in [5.74, 6) is 1.86. The SMILES string of the molecule is C1=Cc2c(cc(-c3nc(-c4ccccc4)nc(-c4cc(-c5cc6c7ccccc7oc6c6ccccc56)cc5oc6ccccc6c45)n3)c3ccccc23)CC1. The molecule has 56 heavy (non-hydrogen) atoms. The lowest BCUT2D eigenvalue weighted by atomic mass is 9.89. The molecule has 0 bridgehead atoms. The number of furan rings is 2. The fourth-order valence-electron chi connectivity index (χ4n) is 8.79. The van der Waals surface area contributed by atoms with E-state index in [0.29, 0.717) is 17.5 Å². The molecule has 3 aromatic heterocycles. The van der Waals surface area contributed by atoms with Crippen LogP contribution in [0.3, 0.4) is 0 Å². The zero-order valence-electron chi connectivity index (χ0n) is 30.2. The van der Waals surface area contributed by atoms with Crippen molar-refractivity contribution in [3.8, 4) is 45.3 Å². The van der Waals surface area contributed by atoms with Crippen LogP contribution in [0.25, 0.3) is 117 Å². The van der Waals surface area contributed by atoms with Crippen LogP contribution in [0, 0.1) is 0 Å². The quantitative estimate of drug-likeness (QED) is 0.181. The molecule has 0 saturated heterocycles. The van der Waals surface area contributed by atoms with Crippen LogP contribution < -0.4 is 0 Å². The van der Waals surface area contributed by atoms with Crippen LogP contribution in [0.4, 0.5) is 0 Å². The van der Waals surface area contributed by atoms with Gasteiger partial charge in [-0.05, 0) is 87.7 Å². The van der Waals surface area contributed by atoms with E-state index in [2.05, 4.69) is 121 Å². The number of para-hydroxylation sites is 2. The first kappa shape index (κ1) is 31.0. The van der Waals surface area contributed by atoms with Crippen LogP contribution in [0.1, 0.15) is 17.5 Å². The third-order valence-corrected chi connectivity index (χ3v) is 11.4. The number of hydrogen-bond donors (Lipinski definition) is 0. The molecular weight excluding hydrogens is 687 g/mol. The fraction of sp³-hybridized carbons (Fsp3) is 0.0392. The molecule has 1 aliphatic carbocycles. The van der Waals surface area contributed by atoms with Gasteiger partial charge in [0.15, 0.2) is 17.5 Å². The fourth-order valence-corrected chi connectivity index (χ4v) is 8.79. The topological polar surface area (TPSA) is 65.0 Å². The second-order valence-corrected chi connectivity index (χ2v) is 14.6. The maximum Gasteiger partial charge on any atom is 0.164 e. The highest BCUT2D eigenvalue weighted by Crippen LogP contribution is 2.44. The molecular formula is C51H31N3O2. The van der Waals surface area contributed by atoms with Crippen LogP contribution in [0.2, 0.25) is 0 Å². The van der Waals surface area contributed by atoms with Crippen molar-refractivity contribution in [3.63, 3.8) is 0 Å². The molecule has 0 fully saturated rings. The molecule has 0 atom stereocenters. The number of aromatic nitrogens is 3. The molecule has 12 rings (SSSR count). The number of benzene rings is 8. The second kappa shape index (κ2) is 12.1. The van der Waals surface area contributed by atoms with Crippen molar-refractivity contribution in [1.82, 2.24) is 15.0 Å². The van der Waals surface area contributed by atoms with E-state index in [-0.39, 0.29) is 0 Å². The minimum atomic E-state index is 0.591. The van der Waals surface area contributed by atoms with Crippen LogP contribution in [0.5, 0.6) is 0 Å². The Bertz CT molecular complexity index is 3430. The lowest BCUT2D eigenvalue weighted by Gasteiger charge is -2.17. The highest BCUT2D eigenvalue weighted by Gasteiger charge is 2.23. The number of allylic oxidation sites excluding steroid dienone is 1. The van der Waals surface area contributed by atoms with Crippen LogP contribution in [-0.2, 0) is 6.42 Å². The van der Waals surface area contributed by atoms with Gasteiger partial charge in [-0.1, -0.05) is 127 Å². The summed E-state index contributed by atoms with van der Waals surface area (Å²) in [6.07, 6.45) is 6.52. The van der Waals surface area contributed by atoms with Crippen molar-refractivity contribution in [1.29, 1.82) is 0 Å². The zero-order chi connectivity index (χ0) is 36.7. The molecule has 5 nitrogen and oxygen atoms in total. The molecule has 0 saturated carbocycles. The second-order valence-electron chi connectivity index (χ2n) is 14.6. The van der Waals surface area contributed by atoms with E-state index >= 15 is 0 Å². The van der Waals surface area contributed by atoms with Gasteiger partial charge in [0.2, 0.25) is 0 Å². The van der Waals surface area contributed by atoms with Gasteiger partial charge in [-0.25, -0.2) is 15.0 Å². The Hall–Kier alpha value is -7.37. The van der Waals surface area contributed by atoms with Gasteiger partial charge in [-0.15, -0.1) is 0 Å². The van der Waals surface area contributed by atoms with E-state index in [1.54, 1.807) is 0 Å². The summed E-state index contributed by atoms with van der Waals surface area (Å²) in [6.45, 7) is 0.